The average Bonchev–Trinajstić information content (AvgIpc) is 2.26. The van der Waals surface area contributed by atoms with E-state index in [-0.39, 0.29) is 0 Å². The standard InChI is InChI=1S/C12H11Cl2NO/c1-6-4-8-7(2)9(13)5-10(16-3)11(8)15-12(6)14/h4-5H,1-3H3. The summed E-state index contributed by atoms with van der Waals surface area (Å²) in [6.45, 7) is 3.88. The van der Waals surface area contributed by atoms with Crippen molar-refractivity contribution in [2.24, 2.45) is 0 Å². The lowest BCUT2D eigenvalue weighted by Crippen LogP contribution is -1.93. The van der Waals surface area contributed by atoms with E-state index in [1.54, 1.807) is 13.2 Å². The fraction of sp³-hybridized carbons (Fsp3) is 0.250. The van der Waals surface area contributed by atoms with Crippen LogP contribution in [-0.2, 0) is 0 Å². The molecule has 16 heavy (non-hydrogen) atoms. The number of hydrogen-bond donors (Lipinski definition) is 0. The summed E-state index contributed by atoms with van der Waals surface area (Å²) >= 11 is 12.1. The van der Waals surface area contributed by atoms with Crippen molar-refractivity contribution in [3.8, 4) is 5.75 Å². The third kappa shape index (κ3) is 1.72. The van der Waals surface area contributed by atoms with Gasteiger partial charge in [0.25, 0.3) is 0 Å². The molecule has 0 fully saturated rings. The van der Waals surface area contributed by atoms with E-state index in [0.717, 1.165) is 22.0 Å². The van der Waals surface area contributed by atoms with Crippen LogP contribution in [-0.4, -0.2) is 12.1 Å². The van der Waals surface area contributed by atoms with Crippen LogP contribution in [0.2, 0.25) is 10.2 Å². The van der Waals surface area contributed by atoms with Crippen LogP contribution in [0.25, 0.3) is 10.9 Å². The highest BCUT2D eigenvalue weighted by atomic mass is 35.5. The molecule has 1 heterocycles. The van der Waals surface area contributed by atoms with E-state index in [1.165, 1.54) is 0 Å². The minimum absolute atomic E-state index is 0.493. The quantitative estimate of drug-likeness (QED) is 0.714. The van der Waals surface area contributed by atoms with Gasteiger partial charge in [-0.05, 0) is 31.0 Å². The van der Waals surface area contributed by atoms with Crippen molar-refractivity contribution in [3.05, 3.63) is 33.4 Å². The third-order valence-corrected chi connectivity index (χ3v) is 3.40. The minimum Gasteiger partial charge on any atom is -0.494 e. The van der Waals surface area contributed by atoms with Crippen molar-refractivity contribution >= 4 is 34.1 Å². The van der Waals surface area contributed by atoms with Crippen molar-refractivity contribution < 1.29 is 4.74 Å². The van der Waals surface area contributed by atoms with Crippen LogP contribution in [0, 0.1) is 13.8 Å². The number of pyridine rings is 1. The molecule has 0 saturated heterocycles. The summed E-state index contributed by atoms with van der Waals surface area (Å²) in [5.74, 6) is 0.646. The van der Waals surface area contributed by atoms with Crippen molar-refractivity contribution in [1.82, 2.24) is 4.98 Å². The van der Waals surface area contributed by atoms with Gasteiger partial charge in [0.15, 0.2) is 0 Å². The summed E-state index contributed by atoms with van der Waals surface area (Å²) in [7, 11) is 1.59. The SMILES string of the molecule is COc1cc(Cl)c(C)c2cc(C)c(Cl)nc12. The lowest BCUT2D eigenvalue weighted by atomic mass is 10.1. The van der Waals surface area contributed by atoms with Crippen LogP contribution < -0.4 is 4.74 Å². The summed E-state index contributed by atoms with van der Waals surface area (Å²) in [6.07, 6.45) is 0. The predicted molar refractivity (Wildman–Crippen MR) is 67.8 cm³/mol. The van der Waals surface area contributed by atoms with Crippen molar-refractivity contribution in [1.29, 1.82) is 0 Å². The maximum Gasteiger partial charge on any atom is 0.146 e. The second-order valence-electron chi connectivity index (χ2n) is 3.68. The van der Waals surface area contributed by atoms with Crippen molar-refractivity contribution in [2.45, 2.75) is 13.8 Å². The van der Waals surface area contributed by atoms with Gasteiger partial charge in [0.1, 0.15) is 16.4 Å². The van der Waals surface area contributed by atoms with Gasteiger partial charge in [-0.3, -0.25) is 0 Å². The first-order valence-electron chi connectivity index (χ1n) is 4.84. The minimum atomic E-state index is 0.493. The number of fused-ring (bicyclic) bond motifs is 1. The van der Waals surface area contributed by atoms with Gasteiger partial charge in [0.05, 0.1) is 7.11 Å². The summed E-state index contributed by atoms with van der Waals surface area (Å²) in [4.78, 5) is 4.33. The van der Waals surface area contributed by atoms with E-state index < -0.39 is 0 Å². The molecule has 0 saturated carbocycles. The number of rotatable bonds is 1. The summed E-state index contributed by atoms with van der Waals surface area (Å²) in [6, 6.07) is 3.74. The lowest BCUT2D eigenvalue weighted by molar-refractivity contribution is 0.419. The van der Waals surface area contributed by atoms with Crippen LogP contribution in [0.5, 0.6) is 5.75 Å². The van der Waals surface area contributed by atoms with Gasteiger partial charge in [-0.25, -0.2) is 4.98 Å². The molecule has 0 unspecified atom stereocenters. The van der Waals surface area contributed by atoms with Gasteiger partial charge in [0.2, 0.25) is 0 Å². The molecular weight excluding hydrogens is 245 g/mol. The van der Waals surface area contributed by atoms with Crippen molar-refractivity contribution in [2.75, 3.05) is 7.11 Å². The molecule has 0 aliphatic carbocycles. The molecular formula is C12H11Cl2NO. The first-order chi connectivity index (χ1) is 7.54. The average molecular weight is 256 g/mol. The molecule has 4 heteroatoms. The number of halogens is 2. The van der Waals surface area contributed by atoms with E-state index in [9.17, 15) is 0 Å². The first kappa shape index (κ1) is 11.5. The number of nitrogens with zero attached hydrogens (tertiary/aromatic N) is 1. The van der Waals surface area contributed by atoms with E-state index in [1.807, 2.05) is 19.9 Å². The summed E-state index contributed by atoms with van der Waals surface area (Å²) in [5, 5.41) is 2.15. The van der Waals surface area contributed by atoms with Crippen molar-refractivity contribution in [3.63, 3.8) is 0 Å². The smallest absolute Gasteiger partial charge is 0.146 e. The van der Waals surface area contributed by atoms with Gasteiger partial charge in [-0.15, -0.1) is 0 Å². The number of hydrogen-bond acceptors (Lipinski definition) is 2. The maximum atomic E-state index is 6.12. The highest BCUT2D eigenvalue weighted by molar-refractivity contribution is 6.33. The fourth-order valence-corrected chi connectivity index (χ4v) is 1.98. The molecule has 0 N–H and O–H groups in total. The van der Waals surface area contributed by atoms with E-state index >= 15 is 0 Å². The zero-order valence-corrected chi connectivity index (χ0v) is 10.8. The zero-order chi connectivity index (χ0) is 11.9. The number of methoxy groups -OCH3 is 1. The summed E-state index contributed by atoms with van der Waals surface area (Å²) in [5.41, 5.74) is 2.67. The molecule has 0 aliphatic rings. The Balaban J connectivity index is 2.93. The number of aromatic nitrogens is 1. The molecule has 0 spiro atoms. The molecule has 2 aromatic rings. The Kier molecular flexibility index (Phi) is 2.96. The predicted octanol–water partition coefficient (Wildman–Crippen LogP) is 4.17. The second-order valence-corrected chi connectivity index (χ2v) is 4.44. The molecule has 0 bridgehead atoms. The Morgan fingerprint density at radius 1 is 1.19 bits per heavy atom. The molecule has 1 aromatic carbocycles. The first-order valence-corrected chi connectivity index (χ1v) is 5.60. The Hall–Kier alpha value is -0.990. The molecule has 2 rings (SSSR count). The maximum absolute atomic E-state index is 6.12. The molecule has 0 atom stereocenters. The van der Waals surface area contributed by atoms with Gasteiger partial charge in [-0.2, -0.15) is 0 Å². The number of ether oxygens (including phenoxy) is 1. The number of aryl methyl sites for hydroxylation is 2. The molecule has 0 radical (unpaired) electrons. The highest BCUT2D eigenvalue weighted by Crippen LogP contribution is 2.34. The van der Waals surface area contributed by atoms with Crippen LogP contribution >= 0.6 is 23.2 Å². The van der Waals surface area contributed by atoms with E-state index in [0.29, 0.717) is 15.9 Å². The monoisotopic (exact) mass is 255 g/mol. The van der Waals surface area contributed by atoms with Gasteiger partial charge < -0.3 is 4.74 Å². The fourth-order valence-electron chi connectivity index (χ4n) is 1.64. The van der Waals surface area contributed by atoms with Gasteiger partial charge in [-0.1, -0.05) is 23.2 Å². The van der Waals surface area contributed by atoms with E-state index in [2.05, 4.69) is 4.98 Å². The topological polar surface area (TPSA) is 22.1 Å². The Morgan fingerprint density at radius 2 is 1.88 bits per heavy atom. The van der Waals surface area contributed by atoms with E-state index in [4.69, 9.17) is 27.9 Å². The highest BCUT2D eigenvalue weighted by Gasteiger charge is 2.11. The number of benzene rings is 1. The summed E-state index contributed by atoms with van der Waals surface area (Å²) < 4.78 is 5.25. The Morgan fingerprint density at radius 3 is 2.50 bits per heavy atom. The molecule has 2 nitrogen and oxygen atoms in total. The molecule has 1 aromatic heterocycles. The lowest BCUT2D eigenvalue weighted by Gasteiger charge is -2.10. The largest absolute Gasteiger partial charge is 0.494 e. The second kappa shape index (κ2) is 4.11. The Bertz CT molecular complexity index is 567. The molecule has 84 valence electrons. The van der Waals surface area contributed by atoms with Crippen LogP contribution in [0.1, 0.15) is 11.1 Å². The van der Waals surface area contributed by atoms with Gasteiger partial charge in [0, 0.05) is 16.5 Å². The normalized spacial score (nSPS) is 10.8. The third-order valence-electron chi connectivity index (χ3n) is 2.62. The van der Waals surface area contributed by atoms with Gasteiger partial charge >= 0.3 is 0 Å². The molecule has 0 aliphatic heterocycles. The zero-order valence-electron chi connectivity index (χ0n) is 9.27. The van der Waals surface area contributed by atoms with Crippen LogP contribution in [0.15, 0.2) is 12.1 Å². The van der Waals surface area contributed by atoms with Crippen LogP contribution in [0.4, 0.5) is 0 Å². The Labute approximate surface area is 104 Å². The van der Waals surface area contributed by atoms with Crippen LogP contribution in [0.3, 0.4) is 0 Å². The molecule has 0 amide bonds.